The number of fused-ring (bicyclic) bond motifs is 1. The van der Waals surface area contributed by atoms with Crippen molar-refractivity contribution in [3.63, 3.8) is 0 Å². The SMILES string of the molecule is O[C@@H]1Oc2ccccc2[C@H]1O. The monoisotopic (exact) mass is 152 g/mol. The number of aliphatic hydroxyl groups is 2. The minimum atomic E-state index is -1.10. The van der Waals surface area contributed by atoms with Gasteiger partial charge in [0.15, 0.2) is 0 Å². The maximum absolute atomic E-state index is 9.27. The van der Waals surface area contributed by atoms with Gasteiger partial charge >= 0.3 is 0 Å². The molecule has 3 heteroatoms. The van der Waals surface area contributed by atoms with Crippen LogP contribution in [0, 0.1) is 0 Å². The first kappa shape index (κ1) is 6.64. The predicted molar refractivity (Wildman–Crippen MR) is 38.0 cm³/mol. The molecule has 2 N–H and O–H groups in total. The highest BCUT2D eigenvalue weighted by Crippen LogP contribution is 2.34. The number of hydrogen-bond acceptors (Lipinski definition) is 3. The van der Waals surface area contributed by atoms with E-state index in [4.69, 9.17) is 9.84 Å². The van der Waals surface area contributed by atoms with Crippen molar-refractivity contribution in [2.45, 2.75) is 12.4 Å². The molecule has 11 heavy (non-hydrogen) atoms. The van der Waals surface area contributed by atoms with E-state index < -0.39 is 12.4 Å². The van der Waals surface area contributed by atoms with Gasteiger partial charge in [0.25, 0.3) is 0 Å². The Labute approximate surface area is 63.9 Å². The predicted octanol–water partition coefficient (Wildman–Crippen LogP) is 0.431. The normalized spacial score (nSPS) is 27.8. The van der Waals surface area contributed by atoms with E-state index in [9.17, 15) is 5.11 Å². The van der Waals surface area contributed by atoms with E-state index in [1.54, 1.807) is 24.3 Å². The number of rotatable bonds is 0. The van der Waals surface area contributed by atoms with E-state index in [0.29, 0.717) is 11.3 Å². The summed E-state index contributed by atoms with van der Waals surface area (Å²) in [5, 5.41) is 18.3. The summed E-state index contributed by atoms with van der Waals surface area (Å²) in [6.07, 6.45) is -2.00. The minimum absolute atomic E-state index is 0.563. The summed E-state index contributed by atoms with van der Waals surface area (Å²) in [7, 11) is 0. The molecule has 0 unspecified atom stereocenters. The summed E-state index contributed by atoms with van der Waals surface area (Å²) >= 11 is 0. The average molecular weight is 152 g/mol. The Hall–Kier alpha value is -1.06. The lowest BCUT2D eigenvalue weighted by Gasteiger charge is -2.04. The second kappa shape index (κ2) is 2.22. The summed E-state index contributed by atoms with van der Waals surface area (Å²) in [5.74, 6) is 0.563. The standard InChI is InChI=1S/C8H8O3/c9-7-5-3-1-2-4-6(5)11-8(7)10/h1-4,7-10H/t7-,8-/m1/s1. The van der Waals surface area contributed by atoms with Gasteiger partial charge < -0.3 is 14.9 Å². The Bertz CT molecular complexity index is 272. The fraction of sp³-hybridized carbons (Fsp3) is 0.250. The van der Waals surface area contributed by atoms with Crippen LogP contribution in [0.5, 0.6) is 5.75 Å². The quantitative estimate of drug-likeness (QED) is 0.566. The molecular weight excluding hydrogens is 144 g/mol. The van der Waals surface area contributed by atoms with Crippen LogP contribution in [0.2, 0.25) is 0 Å². The molecule has 1 aliphatic heterocycles. The van der Waals surface area contributed by atoms with Crippen LogP contribution in [-0.2, 0) is 0 Å². The molecule has 0 aliphatic carbocycles. The summed E-state index contributed by atoms with van der Waals surface area (Å²) in [5.41, 5.74) is 0.653. The maximum atomic E-state index is 9.27. The van der Waals surface area contributed by atoms with Gasteiger partial charge in [0.05, 0.1) is 0 Å². The van der Waals surface area contributed by atoms with Crippen LogP contribution in [0.15, 0.2) is 24.3 Å². The molecule has 0 amide bonds. The Kier molecular flexibility index (Phi) is 1.34. The van der Waals surface area contributed by atoms with E-state index in [1.807, 2.05) is 0 Å². The van der Waals surface area contributed by atoms with E-state index in [-0.39, 0.29) is 0 Å². The van der Waals surface area contributed by atoms with Gasteiger partial charge in [-0.25, -0.2) is 0 Å². The number of para-hydroxylation sites is 1. The zero-order chi connectivity index (χ0) is 7.84. The highest BCUT2D eigenvalue weighted by molar-refractivity contribution is 5.38. The third-order valence-electron chi connectivity index (χ3n) is 1.76. The van der Waals surface area contributed by atoms with Crippen LogP contribution in [0.3, 0.4) is 0 Å². The van der Waals surface area contributed by atoms with Crippen LogP contribution < -0.4 is 4.74 Å². The summed E-state index contributed by atoms with van der Waals surface area (Å²) in [6, 6.07) is 7.04. The van der Waals surface area contributed by atoms with Crippen molar-refractivity contribution in [3.05, 3.63) is 29.8 Å². The second-order valence-electron chi connectivity index (χ2n) is 2.49. The highest BCUT2D eigenvalue weighted by atomic mass is 16.6. The molecule has 58 valence electrons. The summed E-state index contributed by atoms with van der Waals surface area (Å²) < 4.78 is 4.92. The van der Waals surface area contributed by atoms with E-state index in [2.05, 4.69) is 0 Å². The first-order valence-electron chi connectivity index (χ1n) is 3.41. The molecule has 2 rings (SSSR count). The van der Waals surface area contributed by atoms with Crippen LogP contribution in [-0.4, -0.2) is 16.5 Å². The van der Waals surface area contributed by atoms with Crippen molar-refractivity contribution < 1.29 is 14.9 Å². The summed E-state index contributed by atoms with van der Waals surface area (Å²) in [6.45, 7) is 0. The molecule has 1 aromatic rings. The third kappa shape index (κ3) is 0.895. The molecule has 2 atom stereocenters. The van der Waals surface area contributed by atoms with Gasteiger partial charge in [-0.3, -0.25) is 0 Å². The molecule has 0 radical (unpaired) electrons. The maximum Gasteiger partial charge on any atom is 0.228 e. The Morgan fingerprint density at radius 1 is 1.18 bits per heavy atom. The van der Waals surface area contributed by atoms with Crippen LogP contribution in [0.25, 0.3) is 0 Å². The molecule has 0 fully saturated rings. The van der Waals surface area contributed by atoms with Gasteiger partial charge in [0, 0.05) is 5.56 Å². The molecule has 1 aliphatic rings. The number of hydrogen-bond donors (Lipinski definition) is 2. The van der Waals surface area contributed by atoms with Gasteiger partial charge in [-0.2, -0.15) is 0 Å². The van der Waals surface area contributed by atoms with Gasteiger partial charge in [-0.1, -0.05) is 18.2 Å². The van der Waals surface area contributed by atoms with Crippen LogP contribution in [0.1, 0.15) is 11.7 Å². The first-order chi connectivity index (χ1) is 5.29. The van der Waals surface area contributed by atoms with Crippen LogP contribution >= 0.6 is 0 Å². The van der Waals surface area contributed by atoms with Crippen molar-refractivity contribution in [1.29, 1.82) is 0 Å². The third-order valence-corrected chi connectivity index (χ3v) is 1.76. The lowest BCUT2D eigenvalue weighted by atomic mass is 10.1. The molecule has 3 nitrogen and oxygen atoms in total. The van der Waals surface area contributed by atoms with Gasteiger partial charge in [0.2, 0.25) is 6.29 Å². The lowest BCUT2D eigenvalue weighted by molar-refractivity contribution is -0.0827. The molecule has 0 saturated carbocycles. The first-order valence-corrected chi connectivity index (χ1v) is 3.41. The lowest BCUT2D eigenvalue weighted by Crippen LogP contribution is -2.16. The Morgan fingerprint density at radius 3 is 2.64 bits per heavy atom. The number of ether oxygens (including phenoxy) is 1. The van der Waals surface area contributed by atoms with Crippen molar-refractivity contribution in [3.8, 4) is 5.75 Å². The highest BCUT2D eigenvalue weighted by Gasteiger charge is 2.30. The fourth-order valence-electron chi connectivity index (χ4n) is 1.18. The molecule has 0 spiro atoms. The minimum Gasteiger partial charge on any atom is -0.462 e. The largest absolute Gasteiger partial charge is 0.462 e. The zero-order valence-corrected chi connectivity index (χ0v) is 5.77. The van der Waals surface area contributed by atoms with Crippen molar-refractivity contribution in [2.75, 3.05) is 0 Å². The van der Waals surface area contributed by atoms with Crippen molar-refractivity contribution in [1.82, 2.24) is 0 Å². The second-order valence-corrected chi connectivity index (χ2v) is 2.49. The van der Waals surface area contributed by atoms with E-state index in [1.165, 1.54) is 0 Å². The van der Waals surface area contributed by atoms with Gasteiger partial charge in [-0.15, -0.1) is 0 Å². The topological polar surface area (TPSA) is 49.7 Å². The fourth-order valence-corrected chi connectivity index (χ4v) is 1.18. The molecular formula is C8H8O3. The smallest absolute Gasteiger partial charge is 0.228 e. The zero-order valence-electron chi connectivity index (χ0n) is 5.77. The summed E-state index contributed by atoms with van der Waals surface area (Å²) in [4.78, 5) is 0. The number of aliphatic hydroxyl groups excluding tert-OH is 2. The van der Waals surface area contributed by atoms with Crippen molar-refractivity contribution in [2.24, 2.45) is 0 Å². The molecule has 1 aromatic carbocycles. The molecule has 0 bridgehead atoms. The molecule has 0 saturated heterocycles. The Balaban J connectivity index is 2.47. The van der Waals surface area contributed by atoms with Gasteiger partial charge in [0.1, 0.15) is 11.9 Å². The molecule has 1 heterocycles. The van der Waals surface area contributed by atoms with E-state index >= 15 is 0 Å². The van der Waals surface area contributed by atoms with E-state index in [0.717, 1.165) is 0 Å². The molecule has 0 aromatic heterocycles. The average Bonchev–Trinajstić information content (AvgIpc) is 2.30. The Morgan fingerprint density at radius 2 is 1.91 bits per heavy atom. The van der Waals surface area contributed by atoms with Crippen LogP contribution in [0.4, 0.5) is 0 Å². The van der Waals surface area contributed by atoms with Gasteiger partial charge in [-0.05, 0) is 6.07 Å². The van der Waals surface area contributed by atoms with Crippen molar-refractivity contribution >= 4 is 0 Å². The number of benzene rings is 1.